The molecule has 1 N–H and O–H groups in total. The number of fused-ring (bicyclic) bond motifs is 3. The number of benzene rings is 1. The van der Waals surface area contributed by atoms with E-state index in [2.05, 4.69) is 25.2 Å². The van der Waals surface area contributed by atoms with Crippen molar-refractivity contribution in [3.63, 3.8) is 0 Å². The number of hydrogen-bond acceptors (Lipinski definition) is 8. The van der Waals surface area contributed by atoms with Crippen LogP contribution in [0.25, 0.3) is 10.9 Å². The SMILES string of the molecule is O=C(CC1Nc2c3ccccc3nc(=S)n2C1=O)N1CCN(c2ncccn2)CC1. The van der Waals surface area contributed by atoms with Gasteiger partial charge in [-0.2, -0.15) is 0 Å². The molecule has 2 aliphatic heterocycles. The number of amides is 1. The number of hydrogen-bond donors (Lipinski definition) is 1. The third-order valence-electron chi connectivity index (χ3n) is 5.47. The minimum atomic E-state index is -0.651. The standard InChI is InChI=1S/C20H19N7O2S/c28-16(25-8-10-26(11-9-25)19-21-6-3-7-22-19)12-15-18(29)27-17(23-15)13-4-1-2-5-14(13)24-20(27)30/h1-7,15,23H,8-12H2. The fourth-order valence-corrected chi connectivity index (χ4v) is 4.20. The highest BCUT2D eigenvalue weighted by Gasteiger charge is 2.35. The average Bonchev–Trinajstić information content (AvgIpc) is 3.11. The van der Waals surface area contributed by atoms with Gasteiger partial charge >= 0.3 is 0 Å². The van der Waals surface area contributed by atoms with Gasteiger partial charge in [-0.3, -0.25) is 9.59 Å². The number of rotatable bonds is 3. The van der Waals surface area contributed by atoms with E-state index in [-0.39, 0.29) is 23.0 Å². The molecule has 0 saturated carbocycles. The molecule has 0 spiro atoms. The van der Waals surface area contributed by atoms with Gasteiger partial charge in [-0.25, -0.2) is 19.5 Å². The van der Waals surface area contributed by atoms with Crippen LogP contribution in [-0.2, 0) is 4.79 Å². The molecule has 1 atom stereocenters. The summed E-state index contributed by atoms with van der Waals surface area (Å²) in [6.07, 6.45) is 3.49. The highest BCUT2D eigenvalue weighted by atomic mass is 32.1. The van der Waals surface area contributed by atoms with Crippen LogP contribution in [0.1, 0.15) is 11.2 Å². The summed E-state index contributed by atoms with van der Waals surface area (Å²) in [6, 6.07) is 8.62. The Morgan fingerprint density at radius 3 is 2.60 bits per heavy atom. The Balaban J connectivity index is 1.28. The molecule has 5 rings (SSSR count). The molecular weight excluding hydrogens is 402 g/mol. The van der Waals surface area contributed by atoms with Crippen molar-refractivity contribution >= 4 is 46.7 Å². The summed E-state index contributed by atoms with van der Waals surface area (Å²) in [5.74, 6) is 0.977. The molecule has 9 nitrogen and oxygen atoms in total. The number of nitrogens with one attached hydrogen (secondary N) is 1. The monoisotopic (exact) mass is 421 g/mol. The number of carbonyl (C=O) groups is 2. The van der Waals surface area contributed by atoms with Crippen LogP contribution in [0.5, 0.6) is 0 Å². The maximum atomic E-state index is 12.9. The minimum absolute atomic E-state index is 0.0638. The third kappa shape index (κ3) is 3.18. The average molecular weight is 421 g/mol. The Kier molecular flexibility index (Phi) is 4.62. The minimum Gasteiger partial charge on any atom is -0.358 e. The smallest absolute Gasteiger partial charge is 0.257 e. The van der Waals surface area contributed by atoms with Gasteiger partial charge in [0.25, 0.3) is 5.91 Å². The van der Waals surface area contributed by atoms with Gasteiger partial charge in [0.2, 0.25) is 16.6 Å². The van der Waals surface area contributed by atoms with Crippen LogP contribution in [0.4, 0.5) is 11.8 Å². The summed E-state index contributed by atoms with van der Waals surface area (Å²) >= 11 is 5.31. The molecule has 10 heteroatoms. The Hall–Kier alpha value is -3.40. The highest BCUT2D eigenvalue weighted by molar-refractivity contribution is 7.71. The van der Waals surface area contributed by atoms with E-state index in [1.807, 2.05) is 24.3 Å². The Morgan fingerprint density at radius 1 is 1.10 bits per heavy atom. The van der Waals surface area contributed by atoms with Crippen molar-refractivity contribution < 1.29 is 9.59 Å². The molecule has 152 valence electrons. The first-order valence-electron chi connectivity index (χ1n) is 9.74. The molecule has 0 bridgehead atoms. The van der Waals surface area contributed by atoms with Gasteiger partial charge in [0.05, 0.1) is 11.9 Å². The fraction of sp³-hybridized carbons (Fsp3) is 0.300. The predicted molar refractivity (Wildman–Crippen MR) is 114 cm³/mol. The summed E-state index contributed by atoms with van der Waals surface area (Å²) in [6.45, 7) is 2.44. The lowest BCUT2D eigenvalue weighted by Gasteiger charge is -2.35. The largest absolute Gasteiger partial charge is 0.358 e. The molecule has 1 amide bonds. The van der Waals surface area contributed by atoms with Gasteiger partial charge < -0.3 is 15.1 Å². The first-order valence-corrected chi connectivity index (χ1v) is 10.1. The first kappa shape index (κ1) is 18.6. The molecule has 1 aromatic carbocycles. The molecule has 1 saturated heterocycles. The molecule has 30 heavy (non-hydrogen) atoms. The van der Waals surface area contributed by atoms with Gasteiger partial charge in [0.15, 0.2) is 0 Å². The van der Waals surface area contributed by atoms with Gasteiger partial charge in [-0.1, -0.05) is 12.1 Å². The number of carbonyl (C=O) groups excluding carboxylic acids is 2. The van der Waals surface area contributed by atoms with E-state index in [9.17, 15) is 9.59 Å². The zero-order valence-electron chi connectivity index (χ0n) is 16.1. The van der Waals surface area contributed by atoms with Crippen LogP contribution in [0.2, 0.25) is 0 Å². The lowest BCUT2D eigenvalue weighted by atomic mass is 10.1. The number of anilines is 2. The number of aromatic nitrogens is 4. The summed E-state index contributed by atoms with van der Waals surface area (Å²) in [7, 11) is 0. The van der Waals surface area contributed by atoms with E-state index in [0.717, 1.165) is 10.9 Å². The summed E-state index contributed by atoms with van der Waals surface area (Å²) in [4.78, 5) is 42.5. The van der Waals surface area contributed by atoms with E-state index in [1.165, 1.54) is 4.57 Å². The summed E-state index contributed by atoms with van der Waals surface area (Å²) in [5.41, 5.74) is 0.722. The van der Waals surface area contributed by atoms with Crippen LogP contribution >= 0.6 is 12.2 Å². The molecule has 0 radical (unpaired) electrons. The van der Waals surface area contributed by atoms with Crippen molar-refractivity contribution in [3.8, 4) is 0 Å². The summed E-state index contributed by atoms with van der Waals surface area (Å²) < 4.78 is 1.60. The number of para-hydroxylation sites is 1. The number of piperazine rings is 1. The van der Waals surface area contributed by atoms with Crippen molar-refractivity contribution in [1.82, 2.24) is 24.4 Å². The molecule has 1 fully saturated rings. The maximum absolute atomic E-state index is 12.9. The second-order valence-electron chi connectivity index (χ2n) is 7.25. The van der Waals surface area contributed by atoms with Crippen molar-refractivity contribution in [1.29, 1.82) is 0 Å². The van der Waals surface area contributed by atoms with Crippen molar-refractivity contribution in [2.75, 3.05) is 36.4 Å². The maximum Gasteiger partial charge on any atom is 0.257 e. The molecule has 3 aromatic rings. The van der Waals surface area contributed by atoms with Crippen LogP contribution in [-0.4, -0.2) is 68.5 Å². The second kappa shape index (κ2) is 7.45. The first-order chi connectivity index (χ1) is 14.6. The lowest BCUT2D eigenvalue weighted by Crippen LogP contribution is -2.50. The Labute approximate surface area is 177 Å². The molecule has 1 unspecified atom stereocenters. The quantitative estimate of drug-likeness (QED) is 0.639. The zero-order valence-corrected chi connectivity index (χ0v) is 16.9. The molecule has 2 aliphatic rings. The highest BCUT2D eigenvalue weighted by Crippen LogP contribution is 2.29. The Morgan fingerprint density at radius 2 is 1.83 bits per heavy atom. The predicted octanol–water partition coefficient (Wildman–Crippen LogP) is 1.73. The van der Waals surface area contributed by atoms with Crippen molar-refractivity contribution in [2.45, 2.75) is 12.5 Å². The topological polar surface area (TPSA) is 96.2 Å². The van der Waals surface area contributed by atoms with Crippen LogP contribution in [0.15, 0.2) is 42.7 Å². The van der Waals surface area contributed by atoms with Crippen LogP contribution < -0.4 is 10.2 Å². The third-order valence-corrected chi connectivity index (χ3v) is 5.74. The molecule has 2 aromatic heterocycles. The van der Waals surface area contributed by atoms with Gasteiger partial charge in [0.1, 0.15) is 11.9 Å². The number of nitrogens with zero attached hydrogens (tertiary/aromatic N) is 6. The molecule has 4 heterocycles. The van der Waals surface area contributed by atoms with E-state index >= 15 is 0 Å². The van der Waals surface area contributed by atoms with Gasteiger partial charge in [0, 0.05) is 44.0 Å². The van der Waals surface area contributed by atoms with E-state index in [4.69, 9.17) is 12.2 Å². The molecular formula is C20H19N7O2S. The van der Waals surface area contributed by atoms with Gasteiger partial charge in [-0.15, -0.1) is 0 Å². The van der Waals surface area contributed by atoms with Crippen molar-refractivity contribution in [2.24, 2.45) is 0 Å². The fourth-order valence-electron chi connectivity index (χ4n) is 3.92. The van der Waals surface area contributed by atoms with E-state index in [1.54, 1.807) is 23.4 Å². The Bertz CT molecular complexity index is 1190. The molecule has 0 aliphatic carbocycles. The van der Waals surface area contributed by atoms with Crippen LogP contribution in [0, 0.1) is 4.77 Å². The van der Waals surface area contributed by atoms with Gasteiger partial charge in [-0.05, 0) is 30.4 Å². The summed E-state index contributed by atoms with van der Waals surface area (Å²) in [5, 5.41) is 4.01. The second-order valence-corrected chi connectivity index (χ2v) is 7.62. The lowest BCUT2D eigenvalue weighted by molar-refractivity contribution is -0.131. The normalized spacial score (nSPS) is 18.4. The van der Waals surface area contributed by atoms with E-state index < -0.39 is 6.04 Å². The van der Waals surface area contributed by atoms with Crippen molar-refractivity contribution in [3.05, 3.63) is 47.5 Å². The van der Waals surface area contributed by atoms with Crippen LogP contribution in [0.3, 0.4) is 0 Å². The zero-order chi connectivity index (χ0) is 20.7. The van der Waals surface area contributed by atoms with E-state index in [0.29, 0.717) is 37.9 Å².